The zero-order valence-electron chi connectivity index (χ0n) is 14.8. The maximum absolute atomic E-state index is 11.2. The van der Waals surface area contributed by atoms with E-state index >= 15 is 0 Å². The van der Waals surface area contributed by atoms with Crippen LogP contribution in [0.4, 0.5) is 0 Å². The lowest BCUT2D eigenvalue weighted by atomic mass is 10.1. The molecule has 0 atom stereocenters. The molecule has 2 aromatic rings. The number of carboxylic acid groups (broad SMARTS) is 2. The van der Waals surface area contributed by atoms with Crippen LogP contribution in [0.15, 0.2) is 36.4 Å². The van der Waals surface area contributed by atoms with Crippen molar-refractivity contribution in [1.29, 1.82) is 0 Å². The Kier molecular flexibility index (Phi) is 6.60. The van der Waals surface area contributed by atoms with Crippen LogP contribution in [0.2, 0.25) is 0 Å². The van der Waals surface area contributed by atoms with Crippen LogP contribution in [-0.4, -0.2) is 35.9 Å². The van der Waals surface area contributed by atoms with Gasteiger partial charge in [-0.1, -0.05) is 12.1 Å². The number of carbonyl (C=O) groups is 2. The van der Waals surface area contributed by atoms with Crippen molar-refractivity contribution >= 4 is 11.9 Å². The van der Waals surface area contributed by atoms with Crippen LogP contribution >= 0.6 is 0 Å². The molecule has 0 bridgehead atoms. The summed E-state index contributed by atoms with van der Waals surface area (Å²) >= 11 is 0. The summed E-state index contributed by atoms with van der Waals surface area (Å²) in [6.45, 7) is 2.29. The van der Waals surface area contributed by atoms with E-state index in [1.807, 2.05) is 6.92 Å². The monoisotopic (exact) mass is 358 g/mol. The Morgan fingerprint density at radius 3 is 2.23 bits per heavy atom. The smallest absolute Gasteiger partial charge is 0.339 e. The van der Waals surface area contributed by atoms with Crippen molar-refractivity contribution in [3.8, 4) is 11.5 Å². The average molecular weight is 358 g/mol. The highest BCUT2D eigenvalue weighted by Crippen LogP contribution is 2.22. The first-order chi connectivity index (χ1) is 12.4. The number of hydrogen-bond acceptors (Lipinski definition) is 4. The van der Waals surface area contributed by atoms with Crippen LogP contribution in [-0.2, 0) is 6.42 Å². The van der Waals surface area contributed by atoms with E-state index in [4.69, 9.17) is 14.6 Å². The number of carboxylic acids is 2. The predicted molar refractivity (Wildman–Crippen MR) is 96.5 cm³/mol. The summed E-state index contributed by atoms with van der Waals surface area (Å²) in [4.78, 5) is 22.3. The predicted octanol–water partition coefficient (Wildman–Crippen LogP) is 3.80. The Morgan fingerprint density at radius 2 is 1.58 bits per heavy atom. The minimum atomic E-state index is -1.02. The molecule has 0 aromatic heterocycles. The highest BCUT2D eigenvalue weighted by atomic mass is 16.5. The second kappa shape index (κ2) is 8.89. The SMILES string of the molecule is COc1cc(CCCCOc2cc(C)ccc2C(=O)O)ccc1C(=O)O. The standard InChI is InChI=1S/C20H22O6/c1-13-6-8-16(20(23)24)18(11-13)26-10-4-3-5-14-7-9-15(19(21)22)17(12-14)25-2/h6-9,11-12H,3-5,10H2,1-2H3,(H,21,22)(H,23,24). The Balaban J connectivity index is 1.87. The molecule has 0 heterocycles. The van der Waals surface area contributed by atoms with Gasteiger partial charge in [-0.05, 0) is 61.6 Å². The number of unbranched alkanes of at least 4 members (excludes halogenated alkanes) is 1. The third kappa shape index (κ3) is 4.99. The van der Waals surface area contributed by atoms with E-state index in [9.17, 15) is 14.7 Å². The van der Waals surface area contributed by atoms with Crippen molar-refractivity contribution in [2.24, 2.45) is 0 Å². The van der Waals surface area contributed by atoms with Gasteiger partial charge in [0.2, 0.25) is 0 Å². The molecule has 2 aromatic carbocycles. The number of hydrogen-bond donors (Lipinski definition) is 2. The molecule has 26 heavy (non-hydrogen) atoms. The van der Waals surface area contributed by atoms with Crippen molar-refractivity contribution in [3.05, 3.63) is 58.7 Å². The molecular formula is C20H22O6. The third-order valence-electron chi connectivity index (χ3n) is 3.98. The highest BCUT2D eigenvalue weighted by molar-refractivity contribution is 5.91. The molecule has 6 nitrogen and oxygen atoms in total. The van der Waals surface area contributed by atoms with Gasteiger partial charge in [0.25, 0.3) is 0 Å². The van der Waals surface area contributed by atoms with Gasteiger partial charge in [0.05, 0.1) is 13.7 Å². The first-order valence-corrected chi connectivity index (χ1v) is 8.29. The Morgan fingerprint density at radius 1 is 0.923 bits per heavy atom. The maximum Gasteiger partial charge on any atom is 0.339 e. The summed E-state index contributed by atoms with van der Waals surface area (Å²) < 4.78 is 10.7. The molecule has 0 aliphatic rings. The van der Waals surface area contributed by atoms with E-state index in [1.54, 1.807) is 36.4 Å². The molecule has 2 N–H and O–H groups in total. The fourth-order valence-electron chi connectivity index (χ4n) is 2.61. The molecule has 0 saturated heterocycles. The Hall–Kier alpha value is -3.02. The van der Waals surface area contributed by atoms with Gasteiger partial charge in [-0.25, -0.2) is 9.59 Å². The second-order valence-electron chi connectivity index (χ2n) is 5.95. The van der Waals surface area contributed by atoms with E-state index in [0.717, 1.165) is 30.4 Å². The van der Waals surface area contributed by atoms with Crippen LogP contribution in [0.1, 0.15) is 44.7 Å². The Bertz CT molecular complexity index is 797. The molecule has 0 amide bonds. The summed E-state index contributed by atoms with van der Waals surface area (Å²) in [5.74, 6) is -1.30. The van der Waals surface area contributed by atoms with Gasteiger partial charge in [-0.3, -0.25) is 0 Å². The molecule has 0 radical (unpaired) electrons. The molecule has 0 spiro atoms. The second-order valence-corrected chi connectivity index (χ2v) is 5.95. The fourth-order valence-corrected chi connectivity index (χ4v) is 2.61. The topological polar surface area (TPSA) is 93.1 Å². The maximum atomic E-state index is 11.2. The lowest BCUT2D eigenvalue weighted by Crippen LogP contribution is -2.05. The van der Waals surface area contributed by atoms with Crippen LogP contribution in [0.3, 0.4) is 0 Å². The minimum Gasteiger partial charge on any atom is -0.496 e. The highest BCUT2D eigenvalue weighted by Gasteiger charge is 2.12. The fraction of sp³-hybridized carbons (Fsp3) is 0.300. The average Bonchev–Trinajstić information content (AvgIpc) is 2.60. The lowest BCUT2D eigenvalue weighted by molar-refractivity contribution is 0.0681. The number of benzene rings is 2. The molecule has 6 heteroatoms. The summed E-state index contributed by atoms with van der Waals surface area (Å²) in [5.41, 5.74) is 2.22. The van der Waals surface area contributed by atoms with Crippen molar-refractivity contribution < 1.29 is 29.3 Å². The van der Waals surface area contributed by atoms with Gasteiger partial charge in [-0.2, -0.15) is 0 Å². The molecule has 0 aliphatic heterocycles. The Labute approximate surface area is 152 Å². The van der Waals surface area contributed by atoms with E-state index in [1.165, 1.54) is 7.11 Å². The van der Waals surface area contributed by atoms with Crippen LogP contribution in [0.25, 0.3) is 0 Å². The summed E-state index contributed by atoms with van der Waals surface area (Å²) in [6, 6.07) is 10.1. The van der Waals surface area contributed by atoms with Crippen molar-refractivity contribution in [3.63, 3.8) is 0 Å². The van der Waals surface area contributed by atoms with E-state index < -0.39 is 11.9 Å². The minimum absolute atomic E-state index is 0.139. The molecule has 2 rings (SSSR count). The van der Waals surface area contributed by atoms with Gasteiger partial charge < -0.3 is 19.7 Å². The third-order valence-corrected chi connectivity index (χ3v) is 3.98. The number of aryl methyl sites for hydroxylation is 2. The molecule has 138 valence electrons. The molecule has 0 saturated carbocycles. The number of aromatic carboxylic acids is 2. The lowest BCUT2D eigenvalue weighted by Gasteiger charge is -2.10. The van der Waals surface area contributed by atoms with E-state index in [2.05, 4.69) is 0 Å². The van der Waals surface area contributed by atoms with Gasteiger partial charge in [-0.15, -0.1) is 0 Å². The normalized spacial score (nSPS) is 10.4. The van der Waals surface area contributed by atoms with Crippen LogP contribution < -0.4 is 9.47 Å². The van der Waals surface area contributed by atoms with Crippen molar-refractivity contribution in [2.45, 2.75) is 26.2 Å². The van der Waals surface area contributed by atoms with E-state index in [-0.39, 0.29) is 11.1 Å². The molecular weight excluding hydrogens is 336 g/mol. The van der Waals surface area contributed by atoms with E-state index in [0.29, 0.717) is 18.1 Å². The number of methoxy groups -OCH3 is 1. The summed E-state index contributed by atoms with van der Waals surface area (Å²) in [6.07, 6.45) is 2.32. The number of rotatable bonds is 9. The zero-order chi connectivity index (χ0) is 19.1. The molecule has 0 fully saturated rings. The largest absolute Gasteiger partial charge is 0.496 e. The van der Waals surface area contributed by atoms with Gasteiger partial charge in [0.15, 0.2) is 0 Å². The first kappa shape index (κ1) is 19.3. The zero-order valence-corrected chi connectivity index (χ0v) is 14.8. The summed E-state index contributed by atoms with van der Waals surface area (Å²) in [7, 11) is 1.45. The first-order valence-electron chi connectivity index (χ1n) is 8.29. The molecule has 0 unspecified atom stereocenters. The summed E-state index contributed by atoms with van der Waals surface area (Å²) in [5, 5.41) is 18.3. The van der Waals surface area contributed by atoms with Crippen molar-refractivity contribution in [1.82, 2.24) is 0 Å². The molecule has 0 aliphatic carbocycles. The quantitative estimate of drug-likeness (QED) is 0.662. The van der Waals surface area contributed by atoms with Gasteiger partial charge in [0.1, 0.15) is 22.6 Å². The van der Waals surface area contributed by atoms with Gasteiger partial charge >= 0.3 is 11.9 Å². The van der Waals surface area contributed by atoms with Gasteiger partial charge in [0, 0.05) is 0 Å². The number of ether oxygens (including phenoxy) is 2. The van der Waals surface area contributed by atoms with Crippen molar-refractivity contribution in [2.75, 3.05) is 13.7 Å². The van der Waals surface area contributed by atoms with Crippen LogP contribution in [0, 0.1) is 6.92 Å². The van der Waals surface area contributed by atoms with Crippen LogP contribution in [0.5, 0.6) is 11.5 Å².